The molecule has 0 unspecified atom stereocenters. The van der Waals surface area contributed by atoms with E-state index in [4.69, 9.17) is 0 Å². The summed E-state index contributed by atoms with van der Waals surface area (Å²) in [6.45, 7) is 4.17. The van der Waals surface area contributed by atoms with Gasteiger partial charge in [-0.05, 0) is 30.0 Å². The summed E-state index contributed by atoms with van der Waals surface area (Å²) in [5.41, 5.74) is 3.60. The average Bonchev–Trinajstić information content (AvgIpc) is 2.72. The van der Waals surface area contributed by atoms with Crippen molar-refractivity contribution in [3.05, 3.63) is 59.3 Å². The number of carbonyl (C=O) groups excluding carboxylic acids is 1. The molecule has 1 atom stereocenters. The van der Waals surface area contributed by atoms with E-state index in [9.17, 15) is 15.0 Å². The van der Waals surface area contributed by atoms with Gasteiger partial charge in [0.15, 0.2) is 17.3 Å². The maximum Gasteiger partial charge on any atom is 0.163 e. The second-order valence-electron chi connectivity index (χ2n) is 7.80. The van der Waals surface area contributed by atoms with Crippen molar-refractivity contribution in [2.45, 2.75) is 32.7 Å². The fourth-order valence-corrected chi connectivity index (χ4v) is 3.90. The normalized spacial score (nSPS) is 21.2. The van der Waals surface area contributed by atoms with Crippen molar-refractivity contribution in [2.75, 3.05) is 10.6 Å². The quantitative estimate of drug-likeness (QED) is 0.576. The number of allylic oxidation sites excluding steroid dienone is 1. The molecule has 26 heavy (non-hydrogen) atoms. The molecule has 1 heterocycles. The Labute approximate surface area is 152 Å². The molecule has 0 saturated carbocycles. The number of benzene rings is 2. The van der Waals surface area contributed by atoms with Crippen LogP contribution in [0.3, 0.4) is 0 Å². The van der Waals surface area contributed by atoms with Crippen molar-refractivity contribution < 1.29 is 15.0 Å². The average molecular weight is 350 g/mol. The van der Waals surface area contributed by atoms with Crippen LogP contribution in [0.2, 0.25) is 0 Å². The SMILES string of the molecule is CC1(C)CC(=O)C2=C(C1)Nc1ccccc1N[C@@H]2c1cccc(O)c1O. The number of hydrogen-bond donors (Lipinski definition) is 4. The van der Waals surface area contributed by atoms with Crippen LogP contribution in [0.4, 0.5) is 11.4 Å². The summed E-state index contributed by atoms with van der Waals surface area (Å²) in [6, 6.07) is 12.1. The highest BCUT2D eigenvalue weighted by Crippen LogP contribution is 2.47. The number of carbonyl (C=O) groups is 1. The summed E-state index contributed by atoms with van der Waals surface area (Å²) in [5.74, 6) is -0.341. The van der Waals surface area contributed by atoms with Gasteiger partial charge in [-0.3, -0.25) is 4.79 Å². The van der Waals surface area contributed by atoms with Crippen LogP contribution in [-0.2, 0) is 4.79 Å². The number of phenols is 2. The number of hydrogen-bond acceptors (Lipinski definition) is 5. The lowest BCUT2D eigenvalue weighted by Gasteiger charge is -2.34. The summed E-state index contributed by atoms with van der Waals surface area (Å²) in [5, 5.41) is 27.2. The Morgan fingerprint density at radius 3 is 2.50 bits per heavy atom. The van der Waals surface area contributed by atoms with Gasteiger partial charge in [-0.2, -0.15) is 0 Å². The number of rotatable bonds is 1. The molecule has 0 bridgehead atoms. The number of ketones is 1. The maximum absolute atomic E-state index is 13.0. The molecule has 5 heteroatoms. The van der Waals surface area contributed by atoms with Crippen LogP contribution in [0.1, 0.15) is 38.3 Å². The zero-order chi connectivity index (χ0) is 18.5. The summed E-state index contributed by atoms with van der Waals surface area (Å²) < 4.78 is 0. The molecule has 1 aliphatic heterocycles. The van der Waals surface area contributed by atoms with Gasteiger partial charge < -0.3 is 20.8 Å². The lowest BCUT2D eigenvalue weighted by molar-refractivity contribution is -0.118. The number of anilines is 2. The maximum atomic E-state index is 13.0. The molecule has 0 aromatic heterocycles. The van der Waals surface area contributed by atoms with Gasteiger partial charge in [0.25, 0.3) is 0 Å². The largest absolute Gasteiger partial charge is 0.504 e. The topological polar surface area (TPSA) is 81.6 Å². The third kappa shape index (κ3) is 2.69. The summed E-state index contributed by atoms with van der Waals surface area (Å²) in [7, 11) is 0. The van der Waals surface area contributed by atoms with Crippen LogP contribution in [-0.4, -0.2) is 16.0 Å². The lowest BCUT2D eigenvalue weighted by atomic mass is 9.73. The molecule has 0 fully saturated rings. The molecular formula is C21H22N2O3. The minimum Gasteiger partial charge on any atom is -0.504 e. The van der Waals surface area contributed by atoms with E-state index in [1.807, 2.05) is 24.3 Å². The van der Waals surface area contributed by atoms with E-state index in [2.05, 4.69) is 24.5 Å². The molecule has 4 rings (SSSR count). The number of para-hydroxylation sites is 3. The molecule has 134 valence electrons. The predicted octanol–water partition coefficient (Wildman–Crippen LogP) is 4.32. The van der Waals surface area contributed by atoms with Gasteiger partial charge in [0.2, 0.25) is 0 Å². The van der Waals surface area contributed by atoms with Crippen LogP contribution in [0.15, 0.2) is 53.7 Å². The van der Waals surface area contributed by atoms with Gasteiger partial charge in [-0.15, -0.1) is 0 Å². The van der Waals surface area contributed by atoms with E-state index in [-0.39, 0.29) is 22.7 Å². The number of Topliss-reactive ketones (excluding diaryl/α,β-unsaturated/α-hetero) is 1. The van der Waals surface area contributed by atoms with Crippen molar-refractivity contribution in [1.82, 2.24) is 0 Å². The van der Waals surface area contributed by atoms with E-state index in [1.54, 1.807) is 12.1 Å². The highest BCUT2D eigenvalue weighted by atomic mass is 16.3. The first-order chi connectivity index (χ1) is 12.4. The standard InChI is InChI=1S/C21H22N2O3/c1-21(2)10-15-18(17(25)11-21)19(12-6-5-9-16(24)20(12)26)23-14-8-4-3-7-13(14)22-15/h3-9,19,22-24,26H,10-11H2,1-2H3/t19-/m1/s1. The fourth-order valence-electron chi connectivity index (χ4n) is 3.90. The smallest absolute Gasteiger partial charge is 0.163 e. The Balaban J connectivity index is 1.93. The van der Waals surface area contributed by atoms with Crippen molar-refractivity contribution in [1.29, 1.82) is 0 Å². The molecule has 2 aromatic carbocycles. The third-order valence-electron chi connectivity index (χ3n) is 5.08. The molecule has 1 aliphatic carbocycles. The number of nitrogens with one attached hydrogen (secondary N) is 2. The van der Waals surface area contributed by atoms with Gasteiger partial charge in [-0.1, -0.05) is 38.1 Å². The van der Waals surface area contributed by atoms with Gasteiger partial charge in [-0.25, -0.2) is 0 Å². The Hall–Kier alpha value is -2.95. The van der Waals surface area contributed by atoms with Gasteiger partial charge in [0.1, 0.15) is 0 Å². The fraction of sp³-hybridized carbons (Fsp3) is 0.286. The molecule has 2 aromatic rings. The molecular weight excluding hydrogens is 328 g/mol. The Kier molecular flexibility index (Phi) is 3.68. The van der Waals surface area contributed by atoms with Crippen LogP contribution in [0.5, 0.6) is 11.5 Å². The van der Waals surface area contributed by atoms with Crippen LogP contribution >= 0.6 is 0 Å². The van der Waals surface area contributed by atoms with Crippen LogP contribution in [0.25, 0.3) is 0 Å². The van der Waals surface area contributed by atoms with Crippen LogP contribution in [0, 0.1) is 5.41 Å². The van der Waals surface area contributed by atoms with E-state index >= 15 is 0 Å². The molecule has 0 spiro atoms. The number of aromatic hydroxyl groups is 2. The molecule has 4 N–H and O–H groups in total. The highest BCUT2D eigenvalue weighted by Gasteiger charge is 2.39. The van der Waals surface area contributed by atoms with E-state index < -0.39 is 6.04 Å². The lowest BCUT2D eigenvalue weighted by Crippen LogP contribution is -2.31. The number of phenolic OH excluding ortho intramolecular Hbond substituents is 2. The predicted molar refractivity (Wildman–Crippen MR) is 101 cm³/mol. The molecule has 0 amide bonds. The van der Waals surface area contributed by atoms with Crippen molar-refractivity contribution in [2.24, 2.45) is 5.41 Å². The van der Waals surface area contributed by atoms with Crippen molar-refractivity contribution in [3.63, 3.8) is 0 Å². The first kappa shape index (κ1) is 16.5. The second kappa shape index (κ2) is 5.80. The minimum absolute atomic E-state index is 0.0526. The summed E-state index contributed by atoms with van der Waals surface area (Å²) in [6.07, 6.45) is 1.18. The number of fused-ring (bicyclic) bond motifs is 1. The Bertz CT molecular complexity index is 931. The molecule has 0 saturated heterocycles. The van der Waals surface area contributed by atoms with Crippen molar-refractivity contribution >= 4 is 17.2 Å². The van der Waals surface area contributed by atoms with Crippen molar-refractivity contribution in [3.8, 4) is 11.5 Å². The summed E-state index contributed by atoms with van der Waals surface area (Å²) in [4.78, 5) is 13.0. The Morgan fingerprint density at radius 2 is 1.73 bits per heavy atom. The molecule has 2 aliphatic rings. The molecule has 0 radical (unpaired) electrons. The highest BCUT2D eigenvalue weighted by molar-refractivity contribution is 6.01. The van der Waals surface area contributed by atoms with Gasteiger partial charge in [0.05, 0.1) is 17.4 Å². The Morgan fingerprint density at radius 1 is 1.00 bits per heavy atom. The van der Waals surface area contributed by atoms with Crippen LogP contribution < -0.4 is 10.6 Å². The third-order valence-corrected chi connectivity index (χ3v) is 5.08. The second-order valence-corrected chi connectivity index (χ2v) is 7.80. The van der Waals surface area contributed by atoms with Gasteiger partial charge in [0, 0.05) is 23.3 Å². The minimum atomic E-state index is -0.531. The summed E-state index contributed by atoms with van der Waals surface area (Å²) >= 11 is 0. The zero-order valence-corrected chi connectivity index (χ0v) is 14.8. The zero-order valence-electron chi connectivity index (χ0n) is 14.8. The van der Waals surface area contributed by atoms with E-state index in [0.717, 1.165) is 23.5 Å². The van der Waals surface area contributed by atoms with E-state index in [0.29, 0.717) is 17.6 Å². The van der Waals surface area contributed by atoms with E-state index in [1.165, 1.54) is 6.07 Å². The van der Waals surface area contributed by atoms with Gasteiger partial charge >= 0.3 is 0 Å². The molecule has 5 nitrogen and oxygen atoms in total. The monoisotopic (exact) mass is 350 g/mol. The first-order valence-corrected chi connectivity index (χ1v) is 8.75. The first-order valence-electron chi connectivity index (χ1n) is 8.75.